The van der Waals surface area contributed by atoms with Gasteiger partial charge in [-0.15, -0.1) is 0 Å². The lowest BCUT2D eigenvalue weighted by molar-refractivity contribution is -0.160. The van der Waals surface area contributed by atoms with Crippen LogP contribution < -0.4 is 9.50 Å². The SMILES string of the molecule is O=C(Nc1ccc(OS(=O)(=O)F)cc1)C(O)CC(F)(F)F. The topological polar surface area (TPSA) is 92.7 Å². The fourth-order valence-electron chi connectivity index (χ4n) is 1.25. The number of hydrogen-bond acceptors (Lipinski definition) is 5. The number of carbonyl (C=O) groups excluding carboxylic acids is 1. The number of aliphatic hydroxyl groups excluding tert-OH is 1. The third kappa shape index (κ3) is 6.90. The summed E-state index contributed by atoms with van der Waals surface area (Å²) in [5.41, 5.74) is -0.0372. The van der Waals surface area contributed by atoms with Crippen LogP contribution in [0.25, 0.3) is 0 Å². The summed E-state index contributed by atoms with van der Waals surface area (Å²) >= 11 is 0. The second-order valence-corrected chi connectivity index (χ2v) is 4.78. The molecule has 0 aliphatic rings. The van der Waals surface area contributed by atoms with E-state index >= 15 is 0 Å². The van der Waals surface area contributed by atoms with Crippen LogP contribution in [0.3, 0.4) is 0 Å². The zero-order chi connectivity index (χ0) is 16.3. The Balaban J connectivity index is 2.65. The molecular formula is C10H9F4NO5S. The average molecular weight is 331 g/mol. The van der Waals surface area contributed by atoms with E-state index in [0.717, 1.165) is 24.3 Å². The first-order valence-electron chi connectivity index (χ1n) is 5.26. The number of hydrogen-bond donors (Lipinski definition) is 2. The summed E-state index contributed by atoms with van der Waals surface area (Å²) < 4.78 is 72.3. The average Bonchev–Trinajstić information content (AvgIpc) is 2.27. The van der Waals surface area contributed by atoms with E-state index < -0.39 is 40.9 Å². The Morgan fingerprint density at radius 1 is 1.29 bits per heavy atom. The number of amides is 1. The number of benzene rings is 1. The van der Waals surface area contributed by atoms with Crippen molar-refractivity contribution in [1.82, 2.24) is 0 Å². The van der Waals surface area contributed by atoms with Crippen LogP contribution in [0.15, 0.2) is 24.3 Å². The van der Waals surface area contributed by atoms with Crippen molar-refractivity contribution in [3.05, 3.63) is 24.3 Å². The number of nitrogens with one attached hydrogen (secondary N) is 1. The van der Waals surface area contributed by atoms with Crippen molar-refractivity contribution in [2.45, 2.75) is 18.7 Å². The predicted molar refractivity (Wildman–Crippen MR) is 62.4 cm³/mol. The van der Waals surface area contributed by atoms with Gasteiger partial charge in [0.1, 0.15) is 11.9 Å². The van der Waals surface area contributed by atoms with E-state index in [4.69, 9.17) is 5.11 Å². The van der Waals surface area contributed by atoms with Crippen LogP contribution in [-0.4, -0.2) is 31.7 Å². The quantitative estimate of drug-likeness (QED) is 0.630. The first kappa shape index (κ1) is 17.2. The molecule has 1 unspecified atom stereocenters. The van der Waals surface area contributed by atoms with Crippen molar-refractivity contribution in [3.8, 4) is 5.75 Å². The molecule has 1 amide bonds. The molecule has 0 aliphatic heterocycles. The first-order valence-corrected chi connectivity index (χ1v) is 6.57. The van der Waals surface area contributed by atoms with Crippen molar-refractivity contribution >= 4 is 22.1 Å². The largest absolute Gasteiger partial charge is 0.488 e. The van der Waals surface area contributed by atoms with Crippen LogP contribution in [0.4, 0.5) is 22.7 Å². The van der Waals surface area contributed by atoms with Gasteiger partial charge in [-0.25, -0.2) is 0 Å². The predicted octanol–water partition coefficient (Wildman–Crippen LogP) is 1.53. The molecule has 0 aliphatic carbocycles. The number of halogens is 4. The summed E-state index contributed by atoms with van der Waals surface area (Å²) in [7, 11) is -5.20. The molecule has 0 aromatic heterocycles. The van der Waals surface area contributed by atoms with Crippen LogP contribution >= 0.6 is 0 Å². The molecule has 6 nitrogen and oxygen atoms in total. The fourth-order valence-corrected chi connectivity index (χ4v) is 1.59. The van der Waals surface area contributed by atoms with E-state index in [9.17, 15) is 30.3 Å². The van der Waals surface area contributed by atoms with E-state index in [2.05, 4.69) is 4.18 Å². The molecule has 0 bridgehead atoms. The number of carbonyl (C=O) groups is 1. The van der Waals surface area contributed by atoms with Crippen LogP contribution in [0, 0.1) is 0 Å². The molecule has 0 saturated heterocycles. The van der Waals surface area contributed by atoms with Gasteiger partial charge in [0.05, 0.1) is 6.42 Å². The fraction of sp³-hybridized carbons (Fsp3) is 0.300. The molecule has 21 heavy (non-hydrogen) atoms. The molecule has 1 rings (SSSR count). The van der Waals surface area contributed by atoms with Crippen LogP contribution in [0.1, 0.15) is 6.42 Å². The van der Waals surface area contributed by atoms with Gasteiger partial charge in [0.15, 0.2) is 0 Å². The number of anilines is 1. The number of rotatable bonds is 5. The maximum Gasteiger partial charge on any atom is 0.488 e. The molecule has 2 N–H and O–H groups in total. The zero-order valence-electron chi connectivity index (χ0n) is 10.1. The Bertz CT molecular complexity index is 599. The minimum absolute atomic E-state index is 0.0372. The van der Waals surface area contributed by atoms with Crippen LogP contribution in [-0.2, 0) is 15.3 Å². The third-order valence-corrected chi connectivity index (χ3v) is 2.44. The molecule has 0 spiro atoms. The Morgan fingerprint density at radius 2 is 1.81 bits per heavy atom. The first-order chi connectivity index (χ1) is 9.46. The highest BCUT2D eigenvalue weighted by Gasteiger charge is 2.34. The smallest absolute Gasteiger partial charge is 0.383 e. The summed E-state index contributed by atoms with van der Waals surface area (Å²) in [6.45, 7) is 0. The Hall–Kier alpha value is -1.88. The molecule has 1 atom stereocenters. The molecule has 0 fully saturated rings. The molecule has 1 aromatic rings. The van der Waals surface area contributed by atoms with Gasteiger partial charge in [0.25, 0.3) is 5.91 Å². The van der Waals surface area contributed by atoms with Crippen molar-refractivity contribution in [2.75, 3.05) is 5.32 Å². The maximum atomic E-state index is 12.2. The highest BCUT2D eigenvalue weighted by Crippen LogP contribution is 2.23. The molecule has 0 heterocycles. The summed E-state index contributed by atoms with van der Waals surface area (Å²) in [6, 6.07) is 4.03. The summed E-state index contributed by atoms with van der Waals surface area (Å²) in [6.07, 6.45) is -8.70. The van der Waals surface area contributed by atoms with Gasteiger partial charge in [-0.1, -0.05) is 3.89 Å². The Morgan fingerprint density at radius 3 is 2.24 bits per heavy atom. The number of aliphatic hydroxyl groups is 1. The Labute approximate surface area is 116 Å². The molecule has 0 radical (unpaired) electrons. The maximum absolute atomic E-state index is 12.2. The van der Waals surface area contributed by atoms with Gasteiger partial charge < -0.3 is 14.6 Å². The summed E-state index contributed by atoms with van der Waals surface area (Å²) in [5, 5.41) is 11.0. The van der Waals surface area contributed by atoms with Crippen molar-refractivity contribution in [1.29, 1.82) is 0 Å². The molecule has 1 aromatic carbocycles. The lowest BCUT2D eigenvalue weighted by atomic mass is 10.2. The van der Waals surface area contributed by atoms with E-state index in [1.807, 2.05) is 5.32 Å². The molecular weight excluding hydrogens is 322 g/mol. The van der Waals surface area contributed by atoms with Gasteiger partial charge in [0, 0.05) is 5.69 Å². The van der Waals surface area contributed by atoms with Gasteiger partial charge in [-0.2, -0.15) is 21.6 Å². The zero-order valence-corrected chi connectivity index (χ0v) is 10.9. The normalized spacial score (nSPS) is 13.6. The van der Waals surface area contributed by atoms with Crippen molar-refractivity contribution in [2.24, 2.45) is 0 Å². The van der Waals surface area contributed by atoms with Crippen molar-refractivity contribution in [3.63, 3.8) is 0 Å². The minimum Gasteiger partial charge on any atom is -0.383 e. The van der Waals surface area contributed by atoms with E-state index in [0.29, 0.717) is 0 Å². The van der Waals surface area contributed by atoms with E-state index in [1.165, 1.54) is 0 Å². The standard InChI is InChI=1S/C10H9F4NO5S/c11-10(12,13)5-8(16)9(17)15-6-1-3-7(4-2-6)20-21(14,18)19/h1-4,8,16H,5H2,(H,15,17). The summed E-state index contributed by atoms with van der Waals surface area (Å²) in [5.74, 6) is -1.69. The molecule has 11 heteroatoms. The van der Waals surface area contributed by atoms with Crippen LogP contribution in [0.5, 0.6) is 5.75 Å². The second kappa shape index (κ2) is 6.26. The second-order valence-electron chi connectivity index (χ2n) is 3.83. The monoisotopic (exact) mass is 331 g/mol. The van der Waals surface area contributed by atoms with Gasteiger partial charge in [0.2, 0.25) is 0 Å². The van der Waals surface area contributed by atoms with Gasteiger partial charge >= 0.3 is 16.7 Å². The number of alkyl halides is 3. The highest BCUT2D eigenvalue weighted by atomic mass is 32.3. The van der Waals surface area contributed by atoms with Crippen LogP contribution in [0.2, 0.25) is 0 Å². The molecule has 118 valence electrons. The summed E-state index contributed by atoms with van der Waals surface area (Å²) in [4.78, 5) is 11.3. The minimum atomic E-state index is -5.20. The van der Waals surface area contributed by atoms with Gasteiger partial charge in [-0.3, -0.25) is 4.79 Å². The van der Waals surface area contributed by atoms with E-state index in [1.54, 1.807) is 0 Å². The third-order valence-electron chi connectivity index (χ3n) is 2.05. The Kier molecular flexibility index (Phi) is 5.12. The van der Waals surface area contributed by atoms with E-state index in [-0.39, 0.29) is 5.69 Å². The highest BCUT2D eigenvalue weighted by molar-refractivity contribution is 7.81. The lowest BCUT2D eigenvalue weighted by Gasteiger charge is -2.13. The lowest BCUT2D eigenvalue weighted by Crippen LogP contribution is -2.32. The molecule has 0 saturated carbocycles. The van der Waals surface area contributed by atoms with Gasteiger partial charge in [-0.05, 0) is 24.3 Å². The van der Waals surface area contributed by atoms with Crippen molar-refractivity contribution < 1.29 is 39.6 Å².